The number of rotatable bonds is 2. The maximum absolute atomic E-state index is 10.1. The Balaban J connectivity index is 4.57. The van der Waals surface area contributed by atoms with Gasteiger partial charge in [-0.05, 0) is 12.2 Å². The molecule has 3 N–H and O–H groups in total. The quantitative estimate of drug-likeness (QED) is 0.324. The molecule has 0 aromatic heterocycles. The molecule has 0 bridgehead atoms. The van der Waals surface area contributed by atoms with Crippen LogP contribution in [-0.4, -0.2) is 26.3 Å². The third-order valence-corrected chi connectivity index (χ3v) is 0.987. The van der Waals surface area contributed by atoms with Gasteiger partial charge in [-0.3, -0.25) is 5.32 Å². The minimum absolute atomic E-state index is 0.639. The molecular formula is C2H3N5O5S. The summed E-state index contributed by atoms with van der Waals surface area (Å²) in [6.45, 7) is 0. The van der Waals surface area contributed by atoms with Gasteiger partial charge in [0, 0.05) is 0 Å². The molecule has 0 unspecified atom stereocenters. The number of nitrogens with two attached hydrogens (primary N) is 1. The van der Waals surface area contributed by atoms with Crippen LogP contribution in [0.15, 0.2) is 0 Å². The molecule has 0 saturated carbocycles. The highest BCUT2D eigenvalue weighted by atomic mass is 32.1. The van der Waals surface area contributed by atoms with Gasteiger partial charge in [0.15, 0.2) is 0 Å². The van der Waals surface area contributed by atoms with E-state index in [2.05, 4.69) is 18.0 Å². The molecule has 0 aliphatic rings. The fourth-order valence-electron chi connectivity index (χ4n) is 0.363. The van der Waals surface area contributed by atoms with Crippen LogP contribution in [0.5, 0.6) is 0 Å². The number of nitrogens with zero attached hydrogens (tertiary/aromatic N) is 3. The third-order valence-electron chi connectivity index (χ3n) is 0.721. The van der Waals surface area contributed by atoms with E-state index in [9.17, 15) is 25.0 Å². The van der Waals surface area contributed by atoms with E-state index in [1.54, 1.807) is 0 Å². The van der Waals surface area contributed by atoms with Crippen molar-refractivity contribution in [2.75, 3.05) is 0 Å². The van der Waals surface area contributed by atoms with Crippen molar-refractivity contribution < 1.29 is 14.9 Å². The summed E-state index contributed by atoms with van der Waals surface area (Å²) in [5.74, 6) is 0. The molecule has 11 heteroatoms. The van der Waals surface area contributed by atoms with Crippen LogP contribution in [-0.2, 0) is 0 Å². The summed E-state index contributed by atoms with van der Waals surface area (Å²) in [6.07, 6.45) is 0. The number of amides is 2. The van der Waals surface area contributed by atoms with Crippen molar-refractivity contribution in [3.05, 3.63) is 20.2 Å². The summed E-state index contributed by atoms with van der Waals surface area (Å²) >= 11 is 4.13. The minimum Gasteiger partial charge on any atom is -0.351 e. The molecular weight excluding hydrogens is 206 g/mol. The molecule has 0 atom stereocenters. The number of carbonyl (C=O) groups is 1. The molecule has 0 saturated heterocycles. The van der Waals surface area contributed by atoms with Gasteiger partial charge in [0.25, 0.3) is 0 Å². The maximum Gasteiger partial charge on any atom is 0.318 e. The lowest BCUT2D eigenvalue weighted by atomic mass is 10.9. The zero-order valence-corrected chi connectivity index (χ0v) is 6.68. The number of thiocarbonyl (C=S) groups is 1. The highest BCUT2D eigenvalue weighted by Crippen LogP contribution is 1.90. The van der Waals surface area contributed by atoms with Crippen LogP contribution in [0.2, 0.25) is 0 Å². The van der Waals surface area contributed by atoms with E-state index >= 15 is 0 Å². The van der Waals surface area contributed by atoms with Crippen molar-refractivity contribution in [3.8, 4) is 0 Å². The zero-order valence-electron chi connectivity index (χ0n) is 5.87. The van der Waals surface area contributed by atoms with Crippen LogP contribution in [0.4, 0.5) is 4.79 Å². The van der Waals surface area contributed by atoms with Gasteiger partial charge in [-0.25, -0.2) is 25.0 Å². The smallest absolute Gasteiger partial charge is 0.318 e. The number of hydrogen-bond donors (Lipinski definition) is 2. The van der Waals surface area contributed by atoms with Crippen LogP contribution >= 0.6 is 12.2 Å². The van der Waals surface area contributed by atoms with Gasteiger partial charge in [0.1, 0.15) is 0 Å². The topological polar surface area (TPSA) is 145 Å². The van der Waals surface area contributed by atoms with Gasteiger partial charge >= 0.3 is 11.1 Å². The average Bonchev–Trinajstić information content (AvgIpc) is 1.81. The highest BCUT2D eigenvalue weighted by Gasteiger charge is 2.34. The second-order valence-corrected chi connectivity index (χ2v) is 1.95. The van der Waals surface area contributed by atoms with Crippen LogP contribution in [0, 0.1) is 20.2 Å². The maximum atomic E-state index is 10.1. The average molecular weight is 209 g/mol. The molecule has 72 valence electrons. The molecule has 0 heterocycles. The van der Waals surface area contributed by atoms with Crippen molar-refractivity contribution >= 4 is 23.4 Å². The highest BCUT2D eigenvalue weighted by molar-refractivity contribution is 7.80. The Morgan fingerprint density at radius 1 is 1.38 bits per heavy atom. The Hall–Kier alpha value is -2.04. The summed E-state index contributed by atoms with van der Waals surface area (Å²) < 4.78 is 0. The number of urea groups is 1. The van der Waals surface area contributed by atoms with Crippen LogP contribution in [0.1, 0.15) is 0 Å². The first kappa shape index (κ1) is 11.0. The lowest BCUT2D eigenvalue weighted by Crippen LogP contribution is -2.49. The van der Waals surface area contributed by atoms with Crippen molar-refractivity contribution in [2.45, 2.75) is 0 Å². The second-order valence-electron chi connectivity index (χ2n) is 1.56. The first-order valence-corrected chi connectivity index (χ1v) is 2.96. The molecule has 0 aliphatic heterocycles. The number of nitrogens with one attached hydrogen (secondary N) is 1. The van der Waals surface area contributed by atoms with E-state index in [4.69, 9.17) is 0 Å². The molecule has 0 aromatic carbocycles. The fourth-order valence-corrected chi connectivity index (χ4v) is 0.597. The predicted molar refractivity (Wildman–Crippen MR) is 41.1 cm³/mol. The van der Waals surface area contributed by atoms with Gasteiger partial charge in [0.2, 0.25) is 15.2 Å². The Bertz CT molecular complexity index is 262. The van der Waals surface area contributed by atoms with Crippen molar-refractivity contribution in [1.82, 2.24) is 10.4 Å². The number of hydrogen-bond acceptors (Lipinski definition) is 6. The number of carbonyl (C=O) groups excluding carboxylic acids is 1. The molecule has 10 nitrogen and oxygen atoms in total. The summed E-state index contributed by atoms with van der Waals surface area (Å²) in [4.78, 5) is 30.1. The van der Waals surface area contributed by atoms with Crippen LogP contribution in [0.25, 0.3) is 0 Å². The largest absolute Gasteiger partial charge is 0.351 e. The van der Waals surface area contributed by atoms with Gasteiger partial charge in [-0.1, -0.05) is 0 Å². The predicted octanol–water partition coefficient (Wildman–Crippen LogP) is -1.37. The van der Waals surface area contributed by atoms with E-state index < -0.39 is 26.3 Å². The van der Waals surface area contributed by atoms with Gasteiger partial charge in [0.05, 0.1) is 0 Å². The van der Waals surface area contributed by atoms with Gasteiger partial charge in [-0.15, -0.1) is 0 Å². The lowest BCUT2D eigenvalue weighted by molar-refractivity contribution is -0.880. The normalized spacial score (nSPS) is 8.62. The third kappa shape index (κ3) is 3.24. The van der Waals surface area contributed by atoms with Crippen molar-refractivity contribution in [2.24, 2.45) is 5.73 Å². The summed E-state index contributed by atoms with van der Waals surface area (Å²) in [6, 6.07) is -1.22. The molecule has 2 amide bonds. The van der Waals surface area contributed by atoms with E-state index in [1.807, 2.05) is 0 Å². The van der Waals surface area contributed by atoms with E-state index in [1.165, 1.54) is 5.32 Å². The Morgan fingerprint density at radius 3 is 2.00 bits per heavy atom. The first-order chi connectivity index (χ1) is 5.86. The monoisotopic (exact) mass is 209 g/mol. The molecule has 0 aromatic rings. The Morgan fingerprint density at radius 2 is 1.77 bits per heavy atom. The van der Waals surface area contributed by atoms with Gasteiger partial charge < -0.3 is 5.73 Å². The Labute approximate surface area is 75.5 Å². The van der Waals surface area contributed by atoms with Crippen LogP contribution < -0.4 is 11.1 Å². The molecule has 0 fully saturated rings. The number of primary amides is 1. The molecule has 0 aliphatic carbocycles. The summed E-state index contributed by atoms with van der Waals surface area (Å²) in [5, 5.41) is 17.0. The molecule has 0 spiro atoms. The fraction of sp³-hybridized carbons (Fsp3) is 0. The number of hydrazine groups is 2. The summed E-state index contributed by atoms with van der Waals surface area (Å²) in [5.41, 5.74) is 4.52. The standard InChI is InChI=1S/C2H3N5O5S/c3-1(8)4-2(13)5(6(9)10)7(11)12/h(H3,3,4,8,13). The molecule has 0 rings (SSSR count). The SMILES string of the molecule is NC(=O)NC(=S)N([N+](=O)[O-])[N+](=O)[O-]. The van der Waals surface area contributed by atoms with Crippen molar-refractivity contribution in [3.63, 3.8) is 0 Å². The van der Waals surface area contributed by atoms with Crippen LogP contribution in [0.3, 0.4) is 0 Å². The second kappa shape index (κ2) is 4.10. The minimum atomic E-state index is -1.40. The Kier molecular flexibility index (Phi) is 3.46. The van der Waals surface area contributed by atoms with E-state index in [0.29, 0.717) is 0 Å². The van der Waals surface area contributed by atoms with E-state index in [-0.39, 0.29) is 0 Å². The molecule has 13 heavy (non-hydrogen) atoms. The lowest BCUT2D eigenvalue weighted by Gasteiger charge is -2.03. The van der Waals surface area contributed by atoms with Crippen molar-refractivity contribution in [1.29, 1.82) is 0 Å². The first-order valence-electron chi connectivity index (χ1n) is 2.55. The summed E-state index contributed by atoms with van der Waals surface area (Å²) in [7, 11) is 0. The molecule has 0 radical (unpaired) electrons. The van der Waals surface area contributed by atoms with Gasteiger partial charge in [-0.2, -0.15) is 0 Å². The van der Waals surface area contributed by atoms with E-state index in [0.717, 1.165) is 0 Å². The zero-order chi connectivity index (χ0) is 10.6. The number of nitro groups is 2.